The van der Waals surface area contributed by atoms with E-state index in [-0.39, 0.29) is 5.91 Å². The first kappa shape index (κ1) is 18.1. The second-order valence-electron chi connectivity index (χ2n) is 5.54. The van der Waals surface area contributed by atoms with Crippen LogP contribution in [0, 0.1) is 0 Å². The summed E-state index contributed by atoms with van der Waals surface area (Å²) in [6, 6.07) is 11.0. The topological polar surface area (TPSA) is 47.6 Å². The van der Waals surface area contributed by atoms with Gasteiger partial charge >= 0.3 is 0 Å². The van der Waals surface area contributed by atoms with Crippen molar-refractivity contribution in [2.24, 2.45) is 0 Å². The molecule has 24 heavy (non-hydrogen) atoms. The van der Waals surface area contributed by atoms with Gasteiger partial charge in [0.1, 0.15) is 0 Å². The maximum absolute atomic E-state index is 12.6. The normalized spacial score (nSPS) is 11.7. The Morgan fingerprint density at radius 1 is 1.21 bits per heavy atom. The van der Waals surface area contributed by atoms with E-state index in [1.54, 1.807) is 12.1 Å². The monoisotopic (exact) mass is 347 g/mol. The first-order valence-electron chi connectivity index (χ1n) is 7.83. The van der Waals surface area contributed by atoms with Gasteiger partial charge in [0.05, 0.1) is 19.2 Å². The number of hydrogen-bond donors (Lipinski definition) is 1. The highest BCUT2D eigenvalue weighted by molar-refractivity contribution is 6.32. The zero-order chi connectivity index (χ0) is 17.7. The molecule has 5 heteroatoms. The first-order valence-corrected chi connectivity index (χ1v) is 8.21. The molecule has 0 aromatic heterocycles. The highest BCUT2D eigenvalue weighted by atomic mass is 35.5. The number of benzene rings is 2. The van der Waals surface area contributed by atoms with E-state index < -0.39 is 0 Å². The van der Waals surface area contributed by atoms with Crippen LogP contribution in [0.5, 0.6) is 11.5 Å². The molecule has 0 aliphatic rings. The van der Waals surface area contributed by atoms with Gasteiger partial charge in [-0.15, -0.1) is 0 Å². The molecule has 1 atom stereocenters. The Labute approximate surface area is 147 Å². The van der Waals surface area contributed by atoms with Crippen LogP contribution in [0.15, 0.2) is 36.4 Å². The number of amides is 1. The largest absolute Gasteiger partial charge is 0.493 e. The van der Waals surface area contributed by atoms with E-state index in [0.717, 1.165) is 17.7 Å². The smallest absolute Gasteiger partial charge is 0.255 e. The average molecular weight is 348 g/mol. The molecule has 128 valence electrons. The molecular weight excluding hydrogens is 326 g/mol. The van der Waals surface area contributed by atoms with Crippen LogP contribution in [0.2, 0.25) is 5.02 Å². The molecule has 0 bridgehead atoms. The molecule has 0 saturated heterocycles. The summed E-state index contributed by atoms with van der Waals surface area (Å²) in [5, 5.41) is 3.29. The Balaban J connectivity index is 2.33. The molecule has 1 unspecified atom stereocenters. The van der Waals surface area contributed by atoms with Crippen molar-refractivity contribution >= 4 is 23.2 Å². The van der Waals surface area contributed by atoms with E-state index in [1.165, 1.54) is 14.2 Å². The Hall–Kier alpha value is -2.20. The van der Waals surface area contributed by atoms with E-state index in [4.69, 9.17) is 21.1 Å². The van der Waals surface area contributed by atoms with E-state index in [9.17, 15) is 4.79 Å². The van der Waals surface area contributed by atoms with Gasteiger partial charge in [-0.25, -0.2) is 0 Å². The number of anilines is 1. The van der Waals surface area contributed by atoms with Gasteiger partial charge in [0.25, 0.3) is 5.91 Å². The van der Waals surface area contributed by atoms with Crippen LogP contribution >= 0.6 is 11.6 Å². The van der Waals surface area contributed by atoms with Crippen molar-refractivity contribution in [3.8, 4) is 11.5 Å². The lowest BCUT2D eigenvalue weighted by molar-refractivity contribution is 0.102. The summed E-state index contributed by atoms with van der Waals surface area (Å²) in [6.45, 7) is 4.26. The molecule has 2 aromatic rings. The molecule has 0 saturated carbocycles. The van der Waals surface area contributed by atoms with Crippen LogP contribution in [0.25, 0.3) is 0 Å². The fourth-order valence-corrected chi connectivity index (χ4v) is 2.79. The number of carbonyl (C=O) groups is 1. The Morgan fingerprint density at radius 3 is 2.54 bits per heavy atom. The summed E-state index contributed by atoms with van der Waals surface area (Å²) in [7, 11) is 3.01. The molecule has 1 N–H and O–H groups in total. The van der Waals surface area contributed by atoms with E-state index in [1.807, 2.05) is 24.3 Å². The van der Waals surface area contributed by atoms with Crippen LogP contribution in [0.1, 0.15) is 42.1 Å². The minimum atomic E-state index is -0.242. The Bertz CT molecular complexity index is 731. The van der Waals surface area contributed by atoms with Crippen molar-refractivity contribution in [3.63, 3.8) is 0 Å². The number of rotatable bonds is 6. The van der Waals surface area contributed by atoms with Gasteiger partial charge in [-0.3, -0.25) is 4.79 Å². The number of ether oxygens (including phenoxy) is 2. The van der Waals surface area contributed by atoms with Crippen molar-refractivity contribution in [1.29, 1.82) is 0 Å². The van der Waals surface area contributed by atoms with E-state index >= 15 is 0 Å². The molecule has 2 aromatic carbocycles. The zero-order valence-corrected chi connectivity index (χ0v) is 15.1. The molecule has 0 radical (unpaired) electrons. The third-order valence-electron chi connectivity index (χ3n) is 4.05. The second-order valence-corrected chi connectivity index (χ2v) is 5.95. The summed E-state index contributed by atoms with van der Waals surface area (Å²) in [4.78, 5) is 12.6. The SMILES string of the molecule is CCC(C)c1ccccc1NC(=O)c1cc(Cl)c(OC)c(OC)c1. The lowest BCUT2D eigenvalue weighted by Gasteiger charge is -2.16. The average Bonchev–Trinajstić information content (AvgIpc) is 2.60. The van der Waals surface area contributed by atoms with E-state index in [0.29, 0.717) is 28.0 Å². The van der Waals surface area contributed by atoms with Gasteiger partial charge in [-0.2, -0.15) is 0 Å². The number of methoxy groups -OCH3 is 2. The van der Waals surface area contributed by atoms with Gasteiger partial charge in [0.15, 0.2) is 11.5 Å². The van der Waals surface area contributed by atoms with Gasteiger partial charge in [-0.1, -0.05) is 43.6 Å². The molecule has 2 rings (SSSR count). The second kappa shape index (κ2) is 8.06. The summed E-state index contributed by atoms with van der Waals surface area (Å²) >= 11 is 6.18. The fourth-order valence-electron chi connectivity index (χ4n) is 2.50. The van der Waals surface area contributed by atoms with Crippen molar-refractivity contribution in [2.75, 3.05) is 19.5 Å². The molecule has 0 aliphatic carbocycles. The molecule has 1 amide bonds. The Kier molecular flexibility index (Phi) is 6.10. The molecule has 0 spiro atoms. The number of para-hydroxylation sites is 1. The minimum Gasteiger partial charge on any atom is -0.493 e. The van der Waals surface area contributed by atoms with Crippen molar-refractivity contribution in [1.82, 2.24) is 0 Å². The van der Waals surface area contributed by atoms with E-state index in [2.05, 4.69) is 19.2 Å². The number of halogens is 1. The standard InChI is InChI=1S/C19H22ClNO3/c1-5-12(2)14-8-6-7-9-16(14)21-19(22)13-10-15(20)18(24-4)17(11-13)23-3/h6-12H,5H2,1-4H3,(H,21,22). The predicted octanol–water partition coefficient (Wildman–Crippen LogP) is 5.12. The quantitative estimate of drug-likeness (QED) is 0.788. The molecule has 4 nitrogen and oxygen atoms in total. The maximum atomic E-state index is 12.6. The number of hydrogen-bond acceptors (Lipinski definition) is 3. The van der Waals surface area contributed by atoms with Gasteiger partial charge in [-0.05, 0) is 36.1 Å². The van der Waals surface area contributed by atoms with Gasteiger partial charge in [0.2, 0.25) is 0 Å². The summed E-state index contributed by atoms with van der Waals surface area (Å²) < 4.78 is 10.4. The summed E-state index contributed by atoms with van der Waals surface area (Å²) in [5.41, 5.74) is 2.33. The van der Waals surface area contributed by atoms with Crippen molar-refractivity contribution in [2.45, 2.75) is 26.2 Å². The molecule has 0 aliphatic heterocycles. The van der Waals surface area contributed by atoms with Crippen molar-refractivity contribution in [3.05, 3.63) is 52.5 Å². The van der Waals surface area contributed by atoms with Crippen LogP contribution in [0.4, 0.5) is 5.69 Å². The van der Waals surface area contributed by atoms with Crippen LogP contribution in [0.3, 0.4) is 0 Å². The lowest BCUT2D eigenvalue weighted by atomic mass is 9.97. The minimum absolute atomic E-state index is 0.242. The van der Waals surface area contributed by atoms with Crippen molar-refractivity contribution < 1.29 is 14.3 Å². The first-order chi connectivity index (χ1) is 11.5. The maximum Gasteiger partial charge on any atom is 0.255 e. The zero-order valence-electron chi connectivity index (χ0n) is 14.4. The van der Waals surface area contributed by atoms with Crippen LogP contribution < -0.4 is 14.8 Å². The summed E-state index contributed by atoms with van der Waals surface area (Å²) in [6.07, 6.45) is 0.995. The summed E-state index contributed by atoms with van der Waals surface area (Å²) in [5.74, 6) is 0.949. The number of nitrogens with one attached hydrogen (secondary N) is 1. The van der Waals surface area contributed by atoms with Gasteiger partial charge < -0.3 is 14.8 Å². The van der Waals surface area contributed by atoms with Crippen LogP contribution in [-0.4, -0.2) is 20.1 Å². The highest BCUT2D eigenvalue weighted by Gasteiger charge is 2.17. The fraction of sp³-hybridized carbons (Fsp3) is 0.316. The molecule has 0 heterocycles. The third kappa shape index (κ3) is 3.82. The lowest BCUT2D eigenvalue weighted by Crippen LogP contribution is -2.14. The molecular formula is C19H22ClNO3. The molecule has 0 fully saturated rings. The van der Waals surface area contributed by atoms with Gasteiger partial charge in [0, 0.05) is 11.3 Å². The Morgan fingerprint density at radius 2 is 1.92 bits per heavy atom. The predicted molar refractivity (Wildman–Crippen MR) is 97.7 cm³/mol. The highest BCUT2D eigenvalue weighted by Crippen LogP contribution is 2.36. The number of carbonyl (C=O) groups excluding carboxylic acids is 1. The van der Waals surface area contributed by atoms with Crippen LogP contribution in [-0.2, 0) is 0 Å². The third-order valence-corrected chi connectivity index (χ3v) is 4.33.